The van der Waals surface area contributed by atoms with Crippen LogP contribution in [0.25, 0.3) is 21.8 Å². The van der Waals surface area contributed by atoms with Crippen molar-refractivity contribution in [3.8, 4) is 0 Å². The molecule has 2 amide bonds. The first-order chi connectivity index (χ1) is 16.9. The van der Waals surface area contributed by atoms with E-state index >= 15 is 0 Å². The van der Waals surface area contributed by atoms with Crippen molar-refractivity contribution >= 4 is 33.6 Å². The maximum absolute atomic E-state index is 14.9. The van der Waals surface area contributed by atoms with E-state index in [2.05, 4.69) is 20.3 Å². The van der Waals surface area contributed by atoms with E-state index in [1.807, 2.05) is 13.8 Å². The van der Waals surface area contributed by atoms with E-state index in [4.69, 9.17) is 0 Å². The smallest absolute Gasteiger partial charge is 0.257 e. The lowest BCUT2D eigenvalue weighted by Crippen LogP contribution is -2.59. The topological polar surface area (TPSA) is 111 Å². The van der Waals surface area contributed by atoms with E-state index < -0.39 is 11.7 Å². The minimum atomic E-state index is -0.591. The summed E-state index contributed by atoms with van der Waals surface area (Å²) in [7, 11) is 0. The number of carbonyl (C=O) groups excluding carboxylic acids is 2. The molecule has 2 aromatic heterocycles. The summed E-state index contributed by atoms with van der Waals surface area (Å²) in [5, 5.41) is 13.8. The SMILES string of the molecule is CC1CCN(C(=O)c2cc3ccncc3cc2F)C(C)C1NC(=O)c1cccc2[nH]c(CO)nc12. The molecule has 3 unspecified atom stereocenters. The van der Waals surface area contributed by atoms with Gasteiger partial charge in [-0.25, -0.2) is 9.37 Å². The normalized spacial score (nSPS) is 20.3. The second-order valence-corrected chi connectivity index (χ2v) is 9.10. The molecule has 0 bridgehead atoms. The molecular formula is C26H26FN5O3. The molecule has 3 heterocycles. The summed E-state index contributed by atoms with van der Waals surface area (Å²) in [6, 6.07) is 9.17. The Labute approximate surface area is 201 Å². The fourth-order valence-electron chi connectivity index (χ4n) is 4.94. The van der Waals surface area contributed by atoms with Crippen molar-refractivity contribution < 1.29 is 19.1 Å². The minimum absolute atomic E-state index is 0.00741. The van der Waals surface area contributed by atoms with Crippen LogP contribution < -0.4 is 5.32 Å². The predicted octanol–water partition coefficient (Wildman–Crippen LogP) is 3.41. The van der Waals surface area contributed by atoms with Gasteiger partial charge in [0.2, 0.25) is 0 Å². The molecule has 0 saturated carbocycles. The fraction of sp³-hybridized carbons (Fsp3) is 0.308. The molecule has 1 aliphatic rings. The summed E-state index contributed by atoms with van der Waals surface area (Å²) < 4.78 is 14.9. The first kappa shape index (κ1) is 22.9. The molecule has 0 radical (unpaired) electrons. The third-order valence-electron chi connectivity index (χ3n) is 6.92. The summed E-state index contributed by atoms with van der Waals surface area (Å²) in [6.45, 7) is 4.12. The molecule has 3 atom stereocenters. The van der Waals surface area contributed by atoms with E-state index in [0.717, 1.165) is 5.39 Å². The van der Waals surface area contributed by atoms with Crippen molar-refractivity contribution in [2.45, 2.75) is 39.0 Å². The van der Waals surface area contributed by atoms with Gasteiger partial charge in [-0.3, -0.25) is 14.6 Å². The van der Waals surface area contributed by atoms with Gasteiger partial charge in [-0.15, -0.1) is 0 Å². The number of para-hydroxylation sites is 1. The van der Waals surface area contributed by atoms with Crippen LogP contribution >= 0.6 is 0 Å². The van der Waals surface area contributed by atoms with Crippen molar-refractivity contribution in [2.24, 2.45) is 5.92 Å². The van der Waals surface area contributed by atoms with E-state index in [9.17, 15) is 19.1 Å². The molecule has 0 aliphatic carbocycles. The van der Waals surface area contributed by atoms with Gasteiger partial charge >= 0.3 is 0 Å². The maximum Gasteiger partial charge on any atom is 0.257 e. The molecule has 1 saturated heterocycles. The molecule has 1 aliphatic heterocycles. The summed E-state index contributed by atoms with van der Waals surface area (Å²) in [6.07, 6.45) is 3.84. The van der Waals surface area contributed by atoms with Gasteiger partial charge in [0, 0.05) is 30.4 Å². The number of pyridine rings is 1. The van der Waals surface area contributed by atoms with Gasteiger partial charge in [-0.05, 0) is 55.0 Å². The van der Waals surface area contributed by atoms with Crippen LogP contribution in [0.15, 0.2) is 48.8 Å². The Balaban J connectivity index is 1.40. The summed E-state index contributed by atoms with van der Waals surface area (Å²) in [5.74, 6) is -0.816. The van der Waals surface area contributed by atoms with Gasteiger partial charge in [0.05, 0.1) is 22.7 Å². The number of aromatic nitrogens is 3. The Kier molecular flexibility index (Phi) is 5.94. The molecule has 0 spiro atoms. The van der Waals surface area contributed by atoms with Crippen LogP contribution in [0.5, 0.6) is 0 Å². The lowest BCUT2D eigenvalue weighted by Gasteiger charge is -2.43. The number of imidazole rings is 1. The Morgan fingerprint density at radius 3 is 2.83 bits per heavy atom. The second-order valence-electron chi connectivity index (χ2n) is 9.10. The number of aliphatic hydroxyl groups excluding tert-OH is 1. The molecule has 9 heteroatoms. The Morgan fingerprint density at radius 2 is 2.03 bits per heavy atom. The van der Waals surface area contributed by atoms with Crippen molar-refractivity contribution in [1.82, 2.24) is 25.2 Å². The van der Waals surface area contributed by atoms with Crippen molar-refractivity contribution in [1.29, 1.82) is 0 Å². The Hall–Kier alpha value is -3.85. The number of aromatic amines is 1. The molecule has 2 aromatic carbocycles. The monoisotopic (exact) mass is 475 g/mol. The van der Waals surface area contributed by atoms with Gasteiger partial charge < -0.3 is 20.3 Å². The first-order valence-corrected chi connectivity index (χ1v) is 11.6. The Morgan fingerprint density at radius 1 is 1.20 bits per heavy atom. The molecule has 5 rings (SSSR count). The first-order valence-electron chi connectivity index (χ1n) is 11.6. The highest BCUT2D eigenvalue weighted by atomic mass is 19.1. The number of hydrogen-bond acceptors (Lipinski definition) is 5. The zero-order valence-electron chi connectivity index (χ0n) is 19.5. The number of H-pyrrole nitrogens is 1. The van der Waals surface area contributed by atoms with Gasteiger partial charge in [0.1, 0.15) is 23.8 Å². The number of aliphatic hydroxyl groups is 1. The summed E-state index contributed by atoms with van der Waals surface area (Å²) in [5.41, 5.74) is 1.53. The lowest BCUT2D eigenvalue weighted by atomic mass is 9.86. The maximum atomic E-state index is 14.9. The molecule has 4 aromatic rings. The molecule has 35 heavy (non-hydrogen) atoms. The number of fused-ring (bicyclic) bond motifs is 2. The predicted molar refractivity (Wildman–Crippen MR) is 129 cm³/mol. The highest BCUT2D eigenvalue weighted by molar-refractivity contribution is 6.05. The number of nitrogens with zero attached hydrogens (tertiary/aromatic N) is 3. The second kappa shape index (κ2) is 9.07. The fourth-order valence-corrected chi connectivity index (χ4v) is 4.94. The van der Waals surface area contributed by atoms with Crippen molar-refractivity contribution in [3.63, 3.8) is 0 Å². The third kappa shape index (κ3) is 4.12. The number of carbonyl (C=O) groups is 2. The van der Waals surface area contributed by atoms with Crippen LogP contribution in [0.3, 0.4) is 0 Å². The number of likely N-dealkylation sites (tertiary alicyclic amines) is 1. The number of amides is 2. The third-order valence-corrected chi connectivity index (χ3v) is 6.92. The lowest BCUT2D eigenvalue weighted by molar-refractivity contribution is 0.0468. The van der Waals surface area contributed by atoms with Gasteiger partial charge in [-0.1, -0.05) is 13.0 Å². The van der Waals surface area contributed by atoms with E-state index in [1.165, 1.54) is 6.07 Å². The van der Waals surface area contributed by atoms with Crippen LogP contribution in [0.4, 0.5) is 4.39 Å². The Bertz CT molecular complexity index is 1440. The standard InChI is InChI=1S/C26H26FN5O3/c1-14-7-9-32(26(35)19-10-16-6-8-28-12-17(16)11-20(19)27)15(2)23(14)31-25(34)18-4-3-5-21-24(18)30-22(13-33)29-21/h3-6,8,10-12,14-15,23,33H,7,9,13H2,1-2H3,(H,29,30)(H,31,34). The van der Waals surface area contributed by atoms with Crippen LogP contribution in [0.2, 0.25) is 0 Å². The molecule has 8 nitrogen and oxygen atoms in total. The average Bonchev–Trinajstić information content (AvgIpc) is 3.29. The number of piperidine rings is 1. The van der Waals surface area contributed by atoms with E-state index in [-0.39, 0.29) is 36.1 Å². The molecule has 180 valence electrons. The van der Waals surface area contributed by atoms with Crippen molar-refractivity contribution in [3.05, 3.63) is 71.6 Å². The van der Waals surface area contributed by atoms with E-state index in [0.29, 0.717) is 40.8 Å². The number of halogens is 1. The molecule has 3 N–H and O–H groups in total. The average molecular weight is 476 g/mol. The zero-order valence-corrected chi connectivity index (χ0v) is 19.5. The van der Waals surface area contributed by atoms with Gasteiger partial charge in [0.25, 0.3) is 11.8 Å². The van der Waals surface area contributed by atoms with Crippen LogP contribution in [0.1, 0.15) is 46.8 Å². The van der Waals surface area contributed by atoms with Gasteiger partial charge in [0.15, 0.2) is 0 Å². The number of benzene rings is 2. The zero-order chi connectivity index (χ0) is 24.7. The molecule has 1 fully saturated rings. The quantitative estimate of drug-likeness (QED) is 0.419. The number of nitrogens with one attached hydrogen (secondary N) is 2. The molecular weight excluding hydrogens is 449 g/mol. The largest absolute Gasteiger partial charge is 0.388 e. The van der Waals surface area contributed by atoms with Crippen LogP contribution in [0, 0.1) is 11.7 Å². The number of hydrogen-bond donors (Lipinski definition) is 3. The number of rotatable bonds is 4. The minimum Gasteiger partial charge on any atom is -0.388 e. The van der Waals surface area contributed by atoms with Crippen molar-refractivity contribution in [2.75, 3.05) is 6.54 Å². The van der Waals surface area contributed by atoms with Crippen LogP contribution in [-0.4, -0.2) is 55.4 Å². The summed E-state index contributed by atoms with van der Waals surface area (Å²) >= 11 is 0. The van der Waals surface area contributed by atoms with Crippen LogP contribution in [-0.2, 0) is 6.61 Å². The van der Waals surface area contributed by atoms with E-state index in [1.54, 1.807) is 47.6 Å². The highest BCUT2D eigenvalue weighted by Crippen LogP contribution is 2.28. The highest BCUT2D eigenvalue weighted by Gasteiger charge is 2.37. The van der Waals surface area contributed by atoms with Gasteiger partial charge in [-0.2, -0.15) is 0 Å². The summed E-state index contributed by atoms with van der Waals surface area (Å²) in [4.78, 5) is 39.6.